The first-order chi connectivity index (χ1) is 6.43. The summed E-state index contributed by atoms with van der Waals surface area (Å²) in [5, 5.41) is 10.2. The fourth-order valence-corrected chi connectivity index (χ4v) is 0.870. The van der Waals surface area contributed by atoms with Crippen LogP contribution in [0.4, 0.5) is 24.8 Å². The van der Waals surface area contributed by atoms with Gasteiger partial charge in [0.1, 0.15) is 5.82 Å². The number of nitrogens with two attached hydrogens (primary N) is 1. The summed E-state index contributed by atoms with van der Waals surface area (Å²) in [5.41, 5.74) is 3.62. The number of pyridine rings is 1. The van der Waals surface area contributed by atoms with E-state index in [0.717, 1.165) is 0 Å². The van der Waals surface area contributed by atoms with E-state index in [-0.39, 0.29) is 0 Å². The van der Waals surface area contributed by atoms with Crippen molar-refractivity contribution < 1.29 is 18.1 Å². The fraction of sp³-hybridized carbons (Fsp3) is 0.167. The summed E-state index contributed by atoms with van der Waals surface area (Å²) in [6.07, 6.45) is -3.30. The zero-order valence-electron chi connectivity index (χ0n) is 6.58. The van der Waals surface area contributed by atoms with Crippen molar-refractivity contribution in [2.24, 2.45) is 0 Å². The molecule has 0 bridgehead atoms. The lowest BCUT2D eigenvalue weighted by atomic mass is 10.2. The molecule has 0 aliphatic rings. The molecule has 0 aliphatic heterocycles. The molecule has 0 radical (unpaired) electrons. The van der Waals surface area contributed by atoms with Gasteiger partial charge in [0, 0.05) is 6.07 Å². The maximum Gasteiger partial charge on any atom is 0.377 e. The Kier molecular flexibility index (Phi) is 2.54. The van der Waals surface area contributed by atoms with Gasteiger partial charge in [-0.15, -0.1) is 0 Å². The van der Waals surface area contributed by atoms with E-state index in [2.05, 4.69) is 4.98 Å². The van der Waals surface area contributed by atoms with Crippen LogP contribution in [0.15, 0.2) is 6.07 Å². The van der Waals surface area contributed by atoms with Crippen LogP contribution >= 0.6 is 0 Å². The third-order valence-electron chi connectivity index (χ3n) is 1.40. The van der Waals surface area contributed by atoms with Crippen molar-refractivity contribution in [2.45, 2.75) is 6.43 Å². The minimum Gasteiger partial charge on any atom is -0.363 e. The van der Waals surface area contributed by atoms with Gasteiger partial charge >= 0.3 is 5.82 Å². The summed E-state index contributed by atoms with van der Waals surface area (Å²) in [6.45, 7) is 0. The Bertz CT molecular complexity index is 383. The molecule has 1 aromatic heterocycles. The number of hydrogen-bond donors (Lipinski definition) is 1. The SMILES string of the molecule is Nc1cc(F)c(C(F)F)c([N+](=O)[O-])n1. The van der Waals surface area contributed by atoms with Crippen LogP contribution in [0.1, 0.15) is 12.0 Å². The van der Waals surface area contributed by atoms with Gasteiger partial charge in [0.15, 0.2) is 5.56 Å². The Morgan fingerprint density at radius 2 is 2.14 bits per heavy atom. The highest BCUT2D eigenvalue weighted by atomic mass is 19.3. The zero-order valence-corrected chi connectivity index (χ0v) is 6.58. The summed E-state index contributed by atoms with van der Waals surface area (Å²) < 4.78 is 37.1. The number of halogens is 3. The number of hydrogen-bond acceptors (Lipinski definition) is 4. The monoisotopic (exact) mass is 207 g/mol. The highest BCUT2D eigenvalue weighted by molar-refractivity contribution is 5.43. The first-order valence-corrected chi connectivity index (χ1v) is 3.32. The van der Waals surface area contributed by atoms with Crippen LogP contribution < -0.4 is 5.73 Å². The highest BCUT2D eigenvalue weighted by Gasteiger charge is 2.28. The molecule has 1 rings (SSSR count). The second-order valence-corrected chi connectivity index (χ2v) is 2.32. The maximum atomic E-state index is 12.8. The van der Waals surface area contributed by atoms with E-state index in [1.807, 2.05) is 0 Å². The minimum atomic E-state index is -3.30. The largest absolute Gasteiger partial charge is 0.377 e. The molecule has 0 aromatic carbocycles. The predicted molar refractivity (Wildman–Crippen MR) is 40.2 cm³/mol. The number of nitrogens with zero attached hydrogens (tertiary/aromatic N) is 2. The molecule has 0 spiro atoms. The Morgan fingerprint density at radius 3 is 2.57 bits per heavy atom. The number of alkyl halides is 2. The number of anilines is 1. The fourth-order valence-electron chi connectivity index (χ4n) is 0.870. The summed E-state index contributed by atoms with van der Waals surface area (Å²) in [6, 6.07) is 0.508. The second kappa shape index (κ2) is 3.48. The lowest BCUT2D eigenvalue weighted by molar-refractivity contribution is -0.391. The van der Waals surface area contributed by atoms with Crippen molar-refractivity contribution in [3.05, 3.63) is 27.6 Å². The number of nitro groups is 1. The van der Waals surface area contributed by atoms with Crippen LogP contribution in [0.5, 0.6) is 0 Å². The van der Waals surface area contributed by atoms with Crippen molar-refractivity contribution in [1.82, 2.24) is 4.98 Å². The van der Waals surface area contributed by atoms with Crippen molar-refractivity contribution >= 4 is 11.6 Å². The first-order valence-electron chi connectivity index (χ1n) is 3.32. The molecule has 0 saturated carbocycles. The van der Waals surface area contributed by atoms with Crippen LogP contribution in [-0.4, -0.2) is 9.91 Å². The molecule has 0 aliphatic carbocycles. The lowest BCUT2D eigenvalue weighted by Gasteiger charge is -2.02. The number of rotatable bonds is 2. The molecule has 0 saturated heterocycles. The molecule has 0 fully saturated rings. The molecular weight excluding hydrogens is 203 g/mol. The van der Waals surface area contributed by atoms with Crippen LogP contribution in [0.25, 0.3) is 0 Å². The van der Waals surface area contributed by atoms with E-state index in [1.165, 1.54) is 0 Å². The first kappa shape index (κ1) is 10.2. The summed E-state index contributed by atoms with van der Waals surface area (Å²) in [5.74, 6) is -3.20. The van der Waals surface area contributed by atoms with Gasteiger partial charge in [-0.1, -0.05) is 0 Å². The minimum absolute atomic E-state index is 0.508. The Hall–Kier alpha value is -1.86. The average Bonchev–Trinajstić information content (AvgIpc) is 2.01. The Morgan fingerprint density at radius 1 is 1.57 bits per heavy atom. The number of aromatic nitrogens is 1. The molecule has 1 aromatic rings. The van der Waals surface area contributed by atoms with Crippen LogP contribution in [0.3, 0.4) is 0 Å². The molecule has 5 nitrogen and oxygen atoms in total. The molecule has 8 heteroatoms. The predicted octanol–water partition coefficient (Wildman–Crippen LogP) is 1.65. The summed E-state index contributed by atoms with van der Waals surface area (Å²) >= 11 is 0. The molecule has 0 unspecified atom stereocenters. The lowest BCUT2D eigenvalue weighted by Crippen LogP contribution is -2.05. The smallest absolute Gasteiger partial charge is 0.363 e. The molecule has 1 heterocycles. The van der Waals surface area contributed by atoms with Crippen LogP contribution in [0.2, 0.25) is 0 Å². The third-order valence-corrected chi connectivity index (χ3v) is 1.40. The quantitative estimate of drug-likeness (QED) is 0.590. The zero-order chi connectivity index (χ0) is 10.9. The van der Waals surface area contributed by atoms with E-state index in [4.69, 9.17) is 5.73 Å². The van der Waals surface area contributed by atoms with Crippen LogP contribution in [-0.2, 0) is 0 Å². The highest BCUT2D eigenvalue weighted by Crippen LogP contribution is 2.30. The van der Waals surface area contributed by atoms with E-state index >= 15 is 0 Å². The van der Waals surface area contributed by atoms with Crippen molar-refractivity contribution in [2.75, 3.05) is 5.73 Å². The topological polar surface area (TPSA) is 82.0 Å². The normalized spacial score (nSPS) is 10.6. The third kappa shape index (κ3) is 1.73. The summed E-state index contributed by atoms with van der Waals surface area (Å²) in [4.78, 5) is 12.0. The van der Waals surface area contributed by atoms with Crippen molar-refractivity contribution in [1.29, 1.82) is 0 Å². The van der Waals surface area contributed by atoms with Gasteiger partial charge in [0.25, 0.3) is 6.43 Å². The summed E-state index contributed by atoms with van der Waals surface area (Å²) in [7, 11) is 0. The molecule has 76 valence electrons. The van der Waals surface area contributed by atoms with Gasteiger partial charge < -0.3 is 15.8 Å². The van der Waals surface area contributed by atoms with E-state index in [0.29, 0.717) is 6.07 Å². The molecule has 0 amide bonds. The van der Waals surface area contributed by atoms with Gasteiger partial charge in [-0.3, -0.25) is 0 Å². The number of nitrogen functional groups attached to an aromatic ring is 1. The average molecular weight is 207 g/mol. The van der Waals surface area contributed by atoms with E-state index in [9.17, 15) is 23.3 Å². The molecule has 0 atom stereocenters. The maximum absolute atomic E-state index is 12.8. The van der Waals surface area contributed by atoms with Crippen molar-refractivity contribution in [3.63, 3.8) is 0 Å². The van der Waals surface area contributed by atoms with Crippen LogP contribution in [0, 0.1) is 15.9 Å². The van der Waals surface area contributed by atoms with Crippen molar-refractivity contribution in [3.8, 4) is 0 Å². The molecule has 14 heavy (non-hydrogen) atoms. The van der Waals surface area contributed by atoms with E-state index in [1.54, 1.807) is 0 Å². The molecule has 2 N–H and O–H groups in total. The molecular formula is C6H4F3N3O2. The van der Waals surface area contributed by atoms with Gasteiger partial charge in [0.2, 0.25) is 5.82 Å². The second-order valence-electron chi connectivity index (χ2n) is 2.32. The van der Waals surface area contributed by atoms with Gasteiger partial charge in [0.05, 0.1) is 0 Å². The Balaban J connectivity index is 3.44. The Labute approximate surface area is 75.5 Å². The van der Waals surface area contributed by atoms with Gasteiger partial charge in [-0.05, 0) is 9.91 Å². The van der Waals surface area contributed by atoms with E-state index < -0.39 is 34.4 Å². The van der Waals surface area contributed by atoms with Gasteiger partial charge in [-0.25, -0.2) is 13.2 Å². The van der Waals surface area contributed by atoms with Gasteiger partial charge in [-0.2, -0.15) is 0 Å². The standard InChI is InChI=1S/C6H4F3N3O2/c7-2-1-3(10)11-6(12(13)14)4(2)5(8)9/h1,5H,(H2,10,11).